The van der Waals surface area contributed by atoms with Crippen molar-refractivity contribution in [1.29, 1.82) is 0 Å². The van der Waals surface area contributed by atoms with Gasteiger partial charge >= 0.3 is 6.18 Å². The van der Waals surface area contributed by atoms with E-state index in [2.05, 4.69) is 20.8 Å². The molecule has 4 rings (SSSR count). The zero-order valence-electron chi connectivity index (χ0n) is 15.4. The number of methoxy groups -OCH3 is 1. The molecule has 1 fully saturated rings. The van der Waals surface area contributed by atoms with Crippen LogP contribution in [0.4, 0.5) is 19.1 Å². The van der Waals surface area contributed by atoms with Crippen molar-refractivity contribution in [2.24, 2.45) is 5.41 Å². The Kier molecular flexibility index (Phi) is 4.47. The number of halogens is 3. The molecule has 0 spiro atoms. The number of benzene rings is 1. The maximum atomic E-state index is 13.0. The number of hydrogen-bond donors (Lipinski definition) is 2. The third kappa shape index (κ3) is 3.30. The summed E-state index contributed by atoms with van der Waals surface area (Å²) in [5, 5.41) is 13.0. The average molecular weight is 409 g/mol. The highest BCUT2D eigenvalue weighted by atomic mass is 19.4. The van der Waals surface area contributed by atoms with Crippen LogP contribution in [0.1, 0.15) is 30.1 Å². The van der Waals surface area contributed by atoms with E-state index in [-0.39, 0.29) is 37.1 Å². The van der Waals surface area contributed by atoms with Crippen molar-refractivity contribution in [1.82, 2.24) is 20.1 Å². The van der Waals surface area contributed by atoms with Gasteiger partial charge in [-0.25, -0.2) is 0 Å². The van der Waals surface area contributed by atoms with Gasteiger partial charge in [0.1, 0.15) is 16.9 Å². The van der Waals surface area contributed by atoms with Crippen LogP contribution in [0.2, 0.25) is 0 Å². The van der Waals surface area contributed by atoms with Crippen molar-refractivity contribution < 1.29 is 22.7 Å². The maximum Gasteiger partial charge on any atom is 0.403 e. The van der Waals surface area contributed by atoms with E-state index < -0.39 is 29.6 Å². The summed E-state index contributed by atoms with van der Waals surface area (Å²) in [6.07, 6.45) is -5.10. The first-order valence-corrected chi connectivity index (χ1v) is 8.97. The van der Waals surface area contributed by atoms with Crippen molar-refractivity contribution in [3.8, 4) is 5.75 Å². The summed E-state index contributed by atoms with van der Waals surface area (Å²) in [6, 6.07) is 7.09. The van der Waals surface area contributed by atoms with E-state index in [4.69, 9.17) is 4.74 Å². The van der Waals surface area contributed by atoms with E-state index in [1.54, 1.807) is 19.2 Å². The van der Waals surface area contributed by atoms with Crippen LogP contribution < -0.4 is 20.9 Å². The molecule has 1 aliphatic carbocycles. The lowest BCUT2D eigenvalue weighted by Gasteiger charge is -2.18. The molecule has 29 heavy (non-hydrogen) atoms. The number of rotatable bonds is 5. The molecule has 0 radical (unpaired) electrons. The molecular weight excluding hydrogens is 391 g/mol. The number of carbonyl (C=O) groups is 1. The SMILES string of the molecule is COc1ccc(C2Cn3c(nnc(CNC(=O)C4(C(F)(F)F)CC4)c3=O)N2)cc1. The van der Waals surface area contributed by atoms with Gasteiger partial charge in [-0.2, -0.15) is 13.2 Å². The molecule has 8 nitrogen and oxygen atoms in total. The molecule has 154 valence electrons. The summed E-state index contributed by atoms with van der Waals surface area (Å²) >= 11 is 0. The summed E-state index contributed by atoms with van der Waals surface area (Å²) in [7, 11) is 1.56. The number of hydrogen-bond acceptors (Lipinski definition) is 6. The minimum absolute atomic E-state index is 0.114. The molecule has 2 aromatic rings. The molecule has 2 heterocycles. The van der Waals surface area contributed by atoms with Crippen LogP contribution in [0.3, 0.4) is 0 Å². The van der Waals surface area contributed by atoms with Gasteiger partial charge in [0.15, 0.2) is 0 Å². The first-order chi connectivity index (χ1) is 13.7. The van der Waals surface area contributed by atoms with Crippen molar-refractivity contribution in [2.75, 3.05) is 12.4 Å². The number of nitrogens with zero attached hydrogens (tertiary/aromatic N) is 3. The Morgan fingerprint density at radius 2 is 2.00 bits per heavy atom. The largest absolute Gasteiger partial charge is 0.497 e. The maximum absolute atomic E-state index is 13.0. The highest BCUT2D eigenvalue weighted by Crippen LogP contribution is 2.57. The third-order valence-corrected chi connectivity index (χ3v) is 5.34. The quantitative estimate of drug-likeness (QED) is 0.781. The highest BCUT2D eigenvalue weighted by Gasteiger charge is 2.68. The van der Waals surface area contributed by atoms with Crippen LogP contribution in [0, 0.1) is 5.41 Å². The van der Waals surface area contributed by atoms with Gasteiger partial charge in [-0.15, -0.1) is 10.2 Å². The van der Waals surface area contributed by atoms with Crippen molar-refractivity contribution in [2.45, 2.75) is 38.1 Å². The van der Waals surface area contributed by atoms with Crippen molar-refractivity contribution in [3.05, 3.63) is 45.9 Å². The molecule has 11 heteroatoms. The number of carbonyl (C=O) groups excluding carboxylic acids is 1. The minimum Gasteiger partial charge on any atom is -0.497 e. The normalized spacial score (nSPS) is 19.2. The number of alkyl halides is 3. The van der Waals surface area contributed by atoms with Crippen LogP contribution >= 0.6 is 0 Å². The van der Waals surface area contributed by atoms with Gasteiger partial charge in [0.05, 0.1) is 26.2 Å². The Bertz CT molecular complexity index is 999. The van der Waals surface area contributed by atoms with Crippen LogP contribution in [-0.2, 0) is 17.9 Å². The molecule has 2 N–H and O–H groups in total. The molecule has 1 aromatic carbocycles. The molecule has 1 unspecified atom stereocenters. The Balaban J connectivity index is 1.47. The smallest absolute Gasteiger partial charge is 0.403 e. The number of anilines is 1. The molecule has 2 aliphatic rings. The van der Waals surface area contributed by atoms with Gasteiger partial charge in [-0.05, 0) is 30.5 Å². The van der Waals surface area contributed by atoms with E-state index >= 15 is 0 Å². The number of fused-ring (bicyclic) bond motifs is 1. The monoisotopic (exact) mass is 409 g/mol. The van der Waals surface area contributed by atoms with E-state index in [9.17, 15) is 22.8 Å². The zero-order chi connectivity index (χ0) is 20.8. The number of nitrogens with one attached hydrogen (secondary N) is 2. The highest BCUT2D eigenvalue weighted by molar-refractivity contribution is 5.86. The average Bonchev–Trinajstić information content (AvgIpc) is 3.41. The third-order valence-electron chi connectivity index (χ3n) is 5.34. The minimum atomic E-state index is -4.61. The van der Waals surface area contributed by atoms with Gasteiger partial charge in [0.2, 0.25) is 11.9 Å². The lowest BCUT2D eigenvalue weighted by molar-refractivity contribution is -0.192. The predicted molar refractivity (Wildman–Crippen MR) is 95.2 cm³/mol. The first kappa shape index (κ1) is 19.2. The van der Waals surface area contributed by atoms with Crippen LogP contribution in [0.15, 0.2) is 29.1 Å². The Labute approximate surface area is 163 Å². The molecular formula is C18H18F3N5O3. The van der Waals surface area contributed by atoms with Gasteiger partial charge in [0.25, 0.3) is 5.56 Å². The Morgan fingerprint density at radius 1 is 1.31 bits per heavy atom. The Hall–Kier alpha value is -3.11. The summed E-state index contributed by atoms with van der Waals surface area (Å²) in [4.78, 5) is 24.6. The Morgan fingerprint density at radius 3 is 2.59 bits per heavy atom. The first-order valence-electron chi connectivity index (χ1n) is 8.97. The van der Waals surface area contributed by atoms with Gasteiger partial charge in [-0.1, -0.05) is 12.1 Å². The van der Waals surface area contributed by atoms with E-state index in [0.29, 0.717) is 5.75 Å². The molecule has 1 aliphatic heterocycles. The van der Waals surface area contributed by atoms with Crippen molar-refractivity contribution in [3.63, 3.8) is 0 Å². The molecule has 1 saturated carbocycles. The number of ether oxygens (including phenoxy) is 1. The van der Waals surface area contributed by atoms with E-state index in [1.165, 1.54) is 4.57 Å². The second kappa shape index (κ2) is 6.75. The summed E-state index contributed by atoms with van der Waals surface area (Å²) in [6.45, 7) is -0.126. The molecule has 1 atom stereocenters. The number of aromatic nitrogens is 3. The second-order valence-electron chi connectivity index (χ2n) is 7.12. The van der Waals surface area contributed by atoms with Crippen molar-refractivity contribution >= 4 is 11.9 Å². The van der Waals surface area contributed by atoms with Crippen LogP contribution in [0.25, 0.3) is 0 Å². The van der Waals surface area contributed by atoms with E-state index in [0.717, 1.165) is 5.56 Å². The fraction of sp³-hybridized carbons (Fsp3) is 0.444. The lowest BCUT2D eigenvalue weighted by Crippen LogP contribution is -2.42. The number of amides is 1. The molecule has 1 aromatic heterocycles. The van der Waals surface area contributed by atoms with E-state index in [1.807, 2.05) is 12.1 Å². The van der Waals surface area contributed by atoms with Gasteiger partial charge in [0, 0.05) is 0 Å². The topological polar surface area (TPSA) is 98.1 Å². The lowest BCUT2D eigenvalue weighted by atomic mass is 10.1. The molecule has 0 saturated heterocycles. The van der Waals surface area contributed by atoms with Crippen LogP contribution in [-0.4, -0.2) is 34.0 Å². The molecule has 0 bridgehead atoms. The van der Waals surface area contributed by atoms with Crippen LogP contribution in [0.5, 0.6) is 5.75 Å². The summed E-state index contributed by atoms with van der Waals surface area (Å²) in [5.41, 5.74) is -2.05. The fourth-order valence-corrected chi connectivity index (χ4v) is 3.35. The predicted octanol–water partition coefficient (Wildman–Crippen LogP) is 1.77. The zero-order valence-corrected chi connectivity index (χ0v) is 15.4. The molecule has 1 amide bonds. The van der Waals surface area contributed by atoms with Gasteiger partial charge < -0.3 is 15.4 Å². The fourth-order valence-electron chi connectivity index (χ4n) is 3.35. The second-order valence-corrected chi connectivity index (χ2v) is 7.12. The van der Waals surface area contributed by atoms with Gasteiger partial charge in [-0.3, -0.25) is 14.2 Å². The summed E-state index contributed by atoms with van der Waals surface area (Å²) in [5.74, 6) is -0.169. The summed E-state index contributed by atoms with van der Waals surface area (Å²) < 4.78 is 45.5. The standard InChI is InChI=1S/C18H18F3N5O3/c1-29-11-4-2-10(3-5-11)13-9-26-14(27)12(24-25-16(26)23-13)8-22-15(28)17(6-7-17)18(19,20)21/h2-5,13H,6-9H2,1H3,(H,22,28)(H,23,25).